The summed E-state index contributed by atoms with van der Waals surface area (Å²) in [6, 6.07) is 14.6. The molecule has 0 fully saturated rings. The van der Waals surface area contributed by atoms with Gasteiger partial charge in [-0.15, -0.1) is 0 Å². The molecular formula is C25H25NO7S. The number of benzene rings is 2. The highest BCUT2D eigenvalue weighted by molar-refractivity contribution is 7.90. The molecule has 1 aliphatic rings. The van der Waals surface area contributed by atoms with Crippen LogP contribution in [0.2, 0.25) is 0 Å². The molecule has 0 saturated carbocycles. The van der Waals surface area contributed by atoms with E-state index in [1.54, 1.807) is 6.07 Å². The number of sulfone groups is 1. The highest BCUT2D eigenvalue weighted by Gasteiger charge is 2.24. The SMILES string of the molecule is Cc1cc(C(=O)COC(=O)c2ccc(S(C)(=O)=O)cc2)c(C)n1CC1COc2ccccc2O1. The van der Waals surface area contributed by atoms with E-state index in [1.807, 2.05) is 42.7 Å². The summed E-state index contributed by atoms with van der Waals surface area (Å²) in [6.45, 7) is 4.21. The van der Waals surface area contributed by atoms with Crippen LogP contribution in [0.25, 0.3) is 0 Å². The first-order valence-electron chi connectivity index (χ1n) is 10.7. The third-order valence-corrected chi connectivity index (χ3v) is 6.81. The molecule has 8 nitrogen and oxygen atoms in total. The molecule has 34 heavy (non-hydrogen) atoms. The summed E-state index contributed by atoms with van der Waals surface area (Å²) >= 11 is 0. The molecule has 0 spiro atoms. The van der Waals surface area contributed by atoms with Gasteiger partial charge in [-0.1, -0.05) is 12.1 Å². The second-order valence-electron chi connectivity index (χ2n) is 8.19. The van der Waals surface area contributed by atoms with Crippen molar-refractivity contribution in [2.24, 2.45) is 0 Å². The number of para-hydroxylation sites is 2. The fourth-order valence-electron chi connectivity index (χ4n) is 3.85. The minimum absolute atomic E-state index is 0.100. The second kappa shape index (κ2) is 9.34. The maximum absolute atomic E-state index is 12.8. The molecule has 2 heterocycles. The van der Waals surface area contributed by atoms with E-state index in [-0.39, 0.29) is 22.3 Å². The average molecular weight is 484 g/mol. The van der Waals surface area contributed by atoms with Crippen molar-refractivity contribution in [2.75, 3.05) is 19.5 Å². The fraction of sp³-hybridized carbons (Fsp3) is 0.280. The Morgan fingerprint density at radius 3 is 2.41 bits per heavy atom. The van der Waals surface area contributed by atoms with Crippen LogP contribution in [0.4, 0.5) is 0 Å². The van der Waals surface area contributed by atoms with E-state index in [9.17, 15) is 18.0 Å². The van der Waals surface area contributed by atoms with Crippen LogP contribution in [0.5, 0.6) is 11.5 Å². The van der Waals surface area contributed by atoms with Crippen LogP contribution >= 0.6 is 0 Å². The molecule has 9 heteroatoms. The maximum Gasteiger partial charge on any atom is 0.338 e. The number of ether oxygens (including phenoxy) is 3. The Morgan fingerprint density at radius 1 is 1.06 bits per heavy atom. The molecule has 0 N–H and O–H groups in total. The number of esters is 1. The minimum atomic E-state index is -3.36. The molecule has 4 rings (SSSR count). The van der Waals surface area contributed by atoms with E-state index in [0.29, 0.717) is 30.2 Å². The molecule has 1 aromatic heterocycles. The van der Waals surface area contributed by atoms with Crippen molar-refractivity contribution in [2.45, 2.75) is 31.4 Å². The van der Waals surface area contributed by atoms with Gasteiger partial charge in [-0.2, -0.15) is 0 Å². The molecular weight excluding hydrogens is 458 g/mol. The van der Waals surface area contributed by atoms with Gasteiger partial charge in [0.15, 0.2) is 34.0 Å². The van der Waals surface area contributed by atoms with Crippen LogP contribution in [-0.2, 0) is 21.1 Å². The molecule has 1 atom stereocenters. The van der Waals surface area contributed by atoms with Crippen molar-refractivity contribution in [3.63, 3.8) is 0 Å². The first kappa shape index (κ1) is 23.6. The zero-order chi connectivity index (χ0) is 24.5. The van der Waals surface area contributed by atoms with Crippen molar-refractivity contribution in [1.82, 2.24) is 4.57 Å². The summed E-state index contributed by atoms with van der Waals surface area (Å²) < 4.78 is 42.1. The molecule has 0 radical (unpaired) electrons. The van der Waals surface area contributed by atoms with E-state index in [4.69, 9.17) is 14.2 Å². The Hall–Kier alpha value is -3.59. The molecule has 3 aromatic rings. The topological polar surface area (TPSA) is 101 Å². The van der Waals surface area contributed by atoms with Crippen LogP contribution in [0.15, 0.2) is 59.5 Å². The number of hydrogen-bond donors (Lipinski definition) is 0. The number of aryl methyl sites for hydroxylation is 1. The number of ketones is 1. The summed E-state index contributed by atoms with van der Waals surface area (Å²) in [5, 5.41) is 0. The van der Waals surface area contributed by atoms with E-state index in [2.05, 4.69) is 0 Å². The molecule has 2 aromatic carbocycles. The number of carbonyl (C=O) groups excluding carboxylic acids is 2. The van der Waals surface area contributed by atoms with E-state index >= 15 is 0 Å². The number of carbonyl (C=O) groups is 2. The molecule has 178 valence electrons. The fourth-order valence-corrected chi connectivity index (χ4v) is 4.48. The number of rotatable bonds is 7. The van der Waals surface area contributed by atoms with Gasteiger partial charge in [0, 0.05) is 23.2 Å². The van der Waals surface area contributed by atoms with Crippen molar-refractivity contribution < 1.29 is 32.2 Å². The highest BCUT2D eigenvalue weighted by Crippen LogP contribution is 2.31. The third kappa shape index (κ3) is 4.99. The van der Waals surface area contributed by atoms with Crippen molar-refractivity contribution >= 4 is 21.6 Å². The highest BCUT2D eigenvalue weighted by atomic mass is 32.2. The average Bonchev–Trinajstić information content (AvgIpc) is 3.10. The largest absolute Gasteiger partial charge is 0.486 e. The number of Topliss-reactive ketones (excluding diaryl/α,β-unsaturated/α-hetero) is 1. The van der Waals surface area contributed by atoms with Crippen LogP contribution in [0.1, 0.15) is 32.1 Å². The van der Waals surface area contributed by atoms with Gasteiger partial charge in [0.25, 0.3) is 0 Å². The quantitative estimate of drug-likeness (QED) is 0.375. The lowest BCUT2D eigenvalue weighted by atomic mass is 10.1. The lowest BCUT2D eigenvalue weighted by Gasteiger charge is -2.27. The molecule has 1 aliphatic heterocycles. The van der Waals surface area contributed by atoms with E-state index in [1.165, 1.54) is 24.3 Å². The minimum Gasteiger partial charge on any atom is -0.486 e. The van der Waals surface area contributed by atoms with Crippen LogP contribution in [0.3, 0.4) is 0 Å². The first-order valence-corrected chi connectivity index (χ1v) is 12.6. The van der Waals surface area contributed by atoms with Crippen LogP contribution < -0.4 is 9.47 Å². The zero-order valence-corrected chi connectivity index (χ0v) is 19.9. The van der Waals surface area contributed by atoms with Crippen molar-refractivity contribution in [1.29, 1.82) is 0 Å². The second-order valence-corrected chi connectivity index (χ2v) is 10.2. The Bertz CT molecular complexity index is 1340. The van der Waals surface area contributed by atoms with Crippen LogP contribution in [-0.4, -0.2) is 50.3 Å². The summed E-state index contributed by atoms with van der Waals surface area (Å²) in [5.74, 6) is 0.373. The van der Waals surface area contributed by atoms with Gasteiger partial charge in [-0.05, 0) is 56.3 Å². The summed E-state index contributed by atoms with van der Waals surface area (Å²) in [5.41, 5.74) is 2.26. The lowest BCUT2D eigenvalue weighted by molar-refractivity contribution is 0.0474. The lowest BCUT2D eigenvalue weighted by Crippen LogP contribution is -2.33. The number of aromatic nitrogens is 1. The van der Waals surface area contributed by atoms with Gasteiger partial charge in [0.05, 0.1) is 17.0 Å². The molecule has 0 bridgehead atoms. The van der Waals surface area contributed by atoms with Crippen LogP contribution in [0, 0.1) is 13.8 Å². The standard InChI is InChI=1S/C25H25NO7S/c1-16-12-21(17(2)26(16)13-19-14-31-23-6-4-5-7-24(23)33-19)22(27)15-32-25(28)18-8-10-20(11-9-18)34(3,29)30/h4-12,19H,13-15H2,1-3H3. The predicted molar refractivity (Wildman–Crippen MR) is 124 cm³/mol. The smallest absolute Gasteiger partial charge is 0.338 e. The van der Waals surface area contributed by atoms with E-state index < -0.39 is 22.4 Å². The zero-order valence-electron chi connectivity index (χ0n) is 19.1. The Morgan fingerprint density at radius 2 is 1.74 bits per heavy atom. The summed E-state index contributed by atoms with van der Waals surface area (Å²) in [4.78, 5) is 25.2. The van der Waals surface area contributed by atoms with Crippen molar-refractivity contribution in [3.05, 3.63) is 77.1 Å². The first-order chi connectivity index (χ1) is 16.1. The van der Waals surface area contributed by atoms with Gasteiger partial charge in [0.2, 0.25) is 5.78 Å². The molecule has 1 unspecified atom stereocenters. The van der Waals surface area contributed by atoms with Crippen molar-refractivity contribution in [3.8, 4) is 11.5 Å². The third-order valence-electron chi connectivity index (χ3n) is 5.68. The number of fused-ring (bicyclic) bond motifs is 1. The maximum atomic E-state index is 12.8. The van der Waals surface area contributed by atoms with Gasteiger partial charge in [-0.25, -0.2) is 13.2 Å². The molecule has 0 saturated heterocycles. The predicted octanol–water partition coefficient (Wildman–Crippen LogP) is 3.39. The normalized spacial score (nSPS) is 15.1. The number of hydrogen-bond acceptors (Lipinski definition) is 7. The van der Waals surface area contributed by atoms with Gasteiger partial charge < -0.3 is 18.8 Å². The van der Waals surface area contributed by atoms with E-state index in [0.717, 1.165) is 17.6 Å². The summed E-state index contributed by atoms with van der Waals surface area (Å²) in [7, 11) is -3.36. The Kier molecular flexibility index (Phi) is 6.47. The molecule has 0 aliphatic carbocycles. The summed E-state index contributed by atoms with van der Waals surface area (Å²) in [6.07, 6.45) is 0.872. The van der Waals surface area contributed by atoms with Gasteiger partial charge >= 0.3 is 5.97 Å². The van der Waals surface area contributed by atoms with Gasteiger partial charge in [-0.3, -0.25) is 4.79 Å². The van der Waals surface area contributed by atoms with Gasteiger partial charge in [0.1, 0.15) is 6.61 Å². The monoisotopic (exact) mass is 483 g/mol. The Labute approximate surface area is 198 Å². The number of nitrogens with zero attached hydrogens (tertiary/aromatic N) is 1. The molecule has 0 amide bonds. The Balaban J connectivity index is 1.39.